The van der Waals surface area contributed by atoms with E-state index < -0.39 is 24.4 Å². The number of halogens is 2. The molecule has 0 aliphatic rings. The molecular formula is C24H22Cl2N2O7S. The molecule has 0 aliphatic carbocycles. The molecule has 2 aromatic carbocycles. The summed E-state index contributed by atoms with van der Waals surface area (Å²) in [7, 11) is 4.17. The van der Waals surface area contributed by atoms with Gasteiger partial charge in [0, 0.05) is 11.1 Å². The van der Waals surface area contributed by atoms with Crippen molar-refractivity contribution in [3.63, 3.8) is 0 Å². The number of benzene rings is 2. The lowest BCUT2D eigenvalue weighted by Crippen LogP contribution is -2.21. The molecule has 12 heteroatoms. The van der Waals surface area contributed by atoms with Gasteiger partial charge in [-0.1, -0.05) is 23.2 Å². The molecule has 9 nitrogen and oxygen atoms in total. The Morgan fingerprint density at radius 2 is 1.67 bits per heavy atom. The zero-order valence-electron chi connectivity index (χ0n) is 19.7. The molecule has 0 spiro atoms. The van der Waals surface area contributed by atoms with Crippen LogP contribution in [0.5, 0.6) is 17.2 Å². The fourth-order valence-electron chi connectivity index (χ4n) is 3.16. The van der Waals surface area contributed by atoms with Crippen molar-refractivity contribution >= 4 is 63.0 Å². The van der Waals surface area contributed by atoms with Crippen LogP contribution in [0.1, 0.15) is 25.6 Å². The molecule has 0 saturated carbocycles. The first-order valence-electron chi connectivity index (χ1n) is 10.3. The van der Waals surface area contributed by atoms with Crippen molar-refractivity contribution < 1.29 is 33.3 Å². The van der Waals surface area contributed by atoms with E-state index >= 15 is 0 Å². The quantitative estimate of drug-likeness (QED) is 0.340. The number of carbonyl (C=O) groups is 3. The van der Waals surface area contributed by atoms with Gasteiger partial charge >= 0.3 is 5.97 Å². The van der Waals surface area contributed by atoms with E-state index in [2.05, 4.69) is 10.6 Å². The maximum absolute atomic E-state index is 13.1. The highest BCUT2D eigenvalue weighted by atomic mass is 35.5. The van der Waals surface area contributed by atoms with Crippen LogP contribution in [0.15, 0.2) is 36.4 Å². The first-order chi connectivity index (χ1) is 17.2. The summed E-state index contributed by atoms with van der Waals surface area (Å²) in [4.78, 5) is 38.4. The van der Waals surface area contributed by atoms with E-state index in [1.807, 2.05) is 0 Å². The van der Waals surface area contributed by atoms with Crippen LogP contribution in [0.4, 0.5) is 10.7 Å². The van der Waals surface area contributed by atoms with Crippen LogP contribution in [-0.4, -0.2) is 45.7 Å². The topological polar surface area (TPSA) is 112 Å². The molecule has 0 bridgehead atoms. The highest BCUT2D eigenvalue weighted by Crippen LogP contribution is 2.36. The van der Waals surface area contributed by atoms with Crippen LogP contribution in [0, 0.1) is 6.92 Å². The lowest BCUT2D eigenvalue weighted by Gasteiger charge is -2.11. The van der Waals surface area contributed by atoms with Crippen LogP contribution in [-0.2, 0) is 9.53 Å². The number of carbonyl (C=O) groups excluding carboxylic acids is 3. The molecular weight excluding hydrogens is 531 g/mol. The first-order valence-corrected chi connectivity index (χ1v) is 11.9. The molecule has 190 valence electrons. The molecule has 36 heavy (non-hydrogen) atoms. The van der Waals surface area contributed by atoms with Gasteiger partial charge in [0.15, 0.2) is 6.61 Å². The van der Waals surface area contributed by atoms with E-state index in [1.165, 1.54) is 33.5 Å². The first kappa shape index (κ1) is 27.1. The Balaban J connectivity index is 1.83. The monoisotopic (exact) mass is 552 g/mol. The third-order valence-electron chi connectivity index (χ3n) is 4.90. The molecule has 1 heterocycles. The van der Waals surface area contributed by atoms with Gasteiger partial charge in [-0.2, -0.15) is 0 Å². The number of nitrogens with one attached hydrogen (secondary N) is 2. The fraction of sp³-hybridized carbons (Fsp3) is 0.208. The molecule has 0 atom stereocenters. The Morgan fingerprint density at radius 1 is 0.944 bits per heavy atom. The predicted molar refractivity (Wildman–Crippen MR) is 138 cm³/mol. The number of amides is 2. The van der Waals surface area contributed by atoms with Gasteiger partial charge in [-0.15, -0.1) is 11.3 Å². The number of hydrogen-bond acceptors (Lipinski definition) is 8. The summed E-state index contributed by atoms with van der Waals surface area (Å²) in [5.74, 6) is -0.610. The number of ether oxygens (including phenoxy) is 4. The Kier molecular flexibility index (Phi) is 9.03. The van der Waals surface area contributed by atoms with Crippen molar-refractivity contribution in [2.24, 2.45) is 0 Å². The number of esters is 1. The van der Waals surface area contributed by atoms with E-state index in [0.29, 0.717) is 27.8 Å². The van der Waals surface area contributed by atoms with Crippen LogP contribution in [0.3, 0.4) is 0 Å². The molecule has 0 aliphatic heterocycles. The number of hydrogen-bond donors (Lipinski definition) is 2. The van der Waals surface area contributed by atoms with E-state index in [0.717, 1.165) is 11.3 Å². The van der Waals surface area contributed by atoms with Gasteiger partial charge in [0.2, 0.25) is 0 Å². The number of rotatable bonds is 9. The normalized spacial score (nSPS) is 10.4. The highest BCUT2D eigenvalue weighted by molar-refractivity contribution is 7.19. The molecule has 0 fully saturated rings. The van der Waals surface area contributed by atoms with Crippen molar-refractivity contribution in [2.45, 2.75) is 6.92 Å². The second-order valence-electron chi connectivity index (χ2n) is 7.18. The fourth-order valence-corrected chi connectivity index (χ4v) is 4.72. The summed E-state index contributed by atoms with van der Waals surface area (Å²) in [5, 5.41) is 6.16. The summed E-state index contributed by atoms with van der Waals surface area (Å²) in [6.07, 6.45) is 0. The molecule has 0 saturated heterocycles. The summed E-state index contributed by atoms with van der Waals surface area (Å²) in [5.41, 5.74) is 0.763. The summed E-state index contributed by atoms with van der Waals surface area (Å²) in [6, 6.07) is 9.52. The smallest absolute Gasteiger partial charge is 0.341 e. The average molecular weight is 553 g/mol. The second kappa shape index (κ2) is 12.0. The van der Waals surface area contributed by atoms with Crippen LogP contribution < -0.4 is 24.8 Å². The van der Waals surface area contributed by atoms with Gasteiger partial charge < -0.3 is 29.6 Å². The van der Waals surface area contributed by atoms with Crippen molar-refractivity contribution in [1.29, 1.82) is 0 Å². The van der Waals surface area contributed by atoms with Crippen LogP contribution in [0.2, 0.25) is 10.0 Å². The van der Waals surface area contributed by atoms with E-state index in [4.69, 9.17) is 42.1 Å². The molecule has 2 N–H and O–H groups in total. The minimum Gasteiger partial charge on any atom is -0.497 e. The van der Waals surface area contributed by atoms with Gasteiger partial charge in [0.05, 0.1) is 42.5 Å². The Morgan fingerprint density at radius 3 is 2.31 bits per heavy atom. The second-order valence-corrected chi connectivity index (χ2v) is 9.05. The third-order valence-corrected chi connectivity index (χ3v) is 6.64. The summed E-state index contributed by atoms with van der Waals surface area (Å²) < 4.78 is 20.8. The van der Waals surface area contributed by atoms with E-state index in [-0.39, 0.29) is 26.2 Å². The average Bonchev–Trinajstić information content (AvgIpc) is 3.18. The van der Waals surface area contributed by atoms with Gasteiger partial charge in [-0.3, -0.25) is 9.59 Å². The Labute approximate surface area is 221 Å². The summed E-state index contributed by atoms with van der Waals surface area (Å²) >= 11 is 12.8. The standard InChI is InChI=1S/C24H22Cl2N2O7S/c1-12-20(24(31)34-4)23(28-19(29)11-35-17-7-5-13(25)9-15(17)26)36-21(12)22(30)27-16-10-14(32-2)6-8-18(16)33-3/h5-10H,11H2,1-4H3,(H,27,30)(H,28,29). The molecule has 0 radical (unpaired) electrons. The molecule has 3 rings (SSSR count). The zero-order valence-corrected chi connectivity index (χ0v) is 22.0. The molecule has 0 unspecified atom stereocenters. The van der Waals surface area contributed by atoms with Gasteiger partial charge in [0.1, 0.15) is 22.2 Å². The van der Waals surface area contributed by atoms with Crippen molar-refractivity contribution in [3.8, 4) is 17.2 Å². The lowest BCUT2D eigenvalue weighted by molar-refractivity contribution is -0.118. The minimum absolute atomic E-state index is 0.0585. The van der Waals surface area contributed by atoms with Gasteiger partial charge in [-0.05, 0) is 42.8 Å². The SMILES string of the molecule is COC(=O)c1c(NC(=O)COc2ccc(Cl)cc2Cl)sc(C(=O)Nc2cc(OC)ccc2OC)c1C. The molecule has 2 amide bonds. The van der Waals surface area contributed by atoms with Crippen molar-refractivity contribution in [3.05, 3.63) is 62.4 Å². The zero-order chi connectivity index (χ0) is 26.4. The Hall–Kier alpha value is -3.47. The number of methoxy groups -OCH3 is 3. The number of anilines is 2. The van der Waals surface area contributed by atoms with Crippen LogP contribution >= 0.6 is 34.5 Å². The number of thiophene rings is 1. The predicted octanol–water partition coefficient (Wildman–Crippen LogP) is 5.44. The maximum atomic E-state index is 13.1. The van der Waals surface area contributed by atoms with Crippen LogP contribution in [0.25, 0.3) is 0 Å². The lowest BCUT2D eigenvalue weighted by atomic mass is 10.1. The van der Waals surface area contributed by atoms with E-state index in [9.17, 15) is 14.4 Å². The largest absolute Gasteiger partial charge is 0.497 e. The minimum atomic E-state index is -0.710. The molecule has 3 aromatic rings. The highest BCUT2D eigenvalue weighted by Gasteiger charge is 2.27. The third kappa shape index (κ3) is 6.20. The van der Waals surface area contributed by atoms with Crippen molar-refractivity contribution in [1.82, 2.24) is 0 Å². The van der Waals surface area contributed by atoms with Crippen molar-refractivity contribution in [2.75, 3.05) is 38.6 Å². The maximum Gasteiger partial charge on any atom is 0.341 e. The summed E-state index contributed by atoms with van der Waals surface area (Å²) in [6.45, 7) is 1.18. The van der Waals surface area contributed by atoms with Gasteiger partial charge in [-0.25, -0.2) is 4.79 Å². The molecule has 1 aromatic heterocycles. The van der Waals surface area contributed by atoms with E-state index in [1.54, 1.807) is 31.2 Å². The Bertz CT molecular complexity index is 1310. The van der Waals surface area contributed by atoms with Gasteiger partial charge in [0.25, 0.3) is 11.8 Å².